The Balaban J connectivity index is 1.51. The van der Waals surface area contributed by atoms with Gasteiger partial charge in [0.2, 0.25) is 5.91 Å². The van der Waals surface area contributed by atoms with Crippen LogP contribution in [0.2, 0.25) is 10.0 Å². The standard InChI is InChI=1S/C20H16Cl2N2O4S/c21-12-3-5-15(22)14(9-12)16-6-4-13(28-16)10-17-19(26)24(20(27)29-17)11-18(25)23-7-1-2-8-23/h3-6,9-10H,1-2,7-8,11H2/b17-10-. The number of halogens is 2. The predicted octanol–water partition coefficient (Wildman–Crippen LogP) is 4.91. The Bertz CT molecular complexity index is 1030. The molecular formula is C20H16Cl2N2O4S. The second kappa shape index (κ2) is 8.26. The van der Waals surface area contributed by atoms with Gasteiger partial charge in [0.05, 0.1) is 9.93 Å². The van der Waals surface area contributed by atoms with E-state index in [4.69, 9.17) is 27.6 Å². The van der Waals surface area contributed by atoms with Crippen LogP contribution in [0.1, 0.15) is 18.6 Å². The summed E-state index contributed by atoms with van der Waals surface area (Å²) < 4.78 is 5.76. The van der Waals surface area contributed by atoms with Crippen LogP contribution in [-0.2, 0) is 9.59 Å². The minimum atomic E-state index is -0.494. The maximum absolute atomic E-state index is 12.6. The van der Waals surface area contributed by atoms with E-state index in [2.05, 4.69) is 0 Å². The van der Waals surface area contributed by atoms with Gasteiger partial charge in [-0.25, -0.2) is 0 Å². The van der Waals surface area contributed by atoms with E-state index in [9.17, 15) is 14.4 Å². The molecule has 0 radical (unpaired) electrons. The summed E-state index contributed by atoms with van der Waals surface area (Å²) in [5.41, 5.74) is 0.628. The first-order valence-electron chi connectivity index (χ1n) is 9.01. The van der Waals surface area contributed by atoms with Crippen LogP contribution >= 0.6 is 35.0 Å². The van der Waals surface area contributed by atoms with Crippen molar-refractivity contribution >= 4 is 58.1 Å². The van der Waals surface area contributed by atoms with Gasteiger partial charge in [0, 0.05) is 29.8 Å². The maximum Gasteiger partial charge on any atom is 0.294 e. The molecule has 1 aromatic heterocycles. The van der Waals surface area contributed by atoms with Crippen molar-refractivity contribution in [2.45, 2.75) is 12.8 Å². The summed E-state index contributed by atoms with van der Waals surface area (Å²) in [5, 5.41) is 0.542. The number of thioether (sulfide) groups is 1. The number of imide groups is 1. The predicted molar refractivity (Wildman–Crippen MR) is 113 cm³/mol. The Morgan fingerprint density at radius 3 is 2.66 bits per heavy atom. The molecule has 2 fully saturated rings. The molecule has 29 heavy (non-hydrogen) atoms. The fraction of sp³-hybridized carbons (Fsp3) is 0.250. The first-order chi connectivity index (χ1) is 13.9. The number of carbonyl (C=O) groups is 3. The van der Waals surface area contributed by atoms with E-state index in [1.807, 2.05) is 0 Å². The summed E-state index contributed by atoms with van der Waals surface area (Å²) in [7, 11) is 0. The molecule has 9 heteroatoms. The number of amides is 3. The number of carbonyl (C=O) groups excluding carboxylic acids is 3. The molecule has 2 saturated heterocycles. The third kappa shape index (κ3) is 4.22. The zero-order valence-corrected chi connectivity index (χ0v) is 17.5. The molecule has 0 spiro atoms. The smallest absolute Gasteiger partial charge is 0.294 e. The van der Waals surface area contributed by atoms with E-state index in [1.165, 1.54) is 6.08 Å². The molecule has 3 heterocycles. The molecule has 0 saturated carbocycles. The summed E-state index contributed by atoms with van der Waals surface area (Å²) in [6, 6.07) is 8.42. The highest BCUT2D eigenvalue weighted by atomic mass is 35.5. The van der Waals surface area contributed by atoms with E-state index >= 15 is 0 Å². The maximum atomic E-state index is 12.6. The largest absolute Gasteiger partial charge is 0.457 e. The lowest BCUT2D eigenvalue weighted by Crippen LogP contribution is -2.40. The number of rotatable bonds is 4. The Kier molecular flexibility index (Phi) is 5.72. The second-order valence-electron chi connectivity index (χ2n) is 6.68. The minimum Gasteiger partial charge on any atom is -0.457 e. The van der Waals surface area contributed by atoms with Crippen LogP contribution in [0.25, 0.3) is 17.4 Å². The molecule has 150 valence electrons. The zero-order chi connectivity index (χ0) is 20.5. The first kappa shape index (κ1) is 20.1. The fourth-order valence-corrected chi connectivity index (χ4v) is 4.43. The van der Waals surface area contributed by atoms with E-state index in [1.54, 1.807) is 35.2 Å². The van der Waals surface area contributed by atoms with E-state index in [0.717, 1.165) is 29.5 Å². The topological polar surface area (TPSA) is 70.8 Å². The Hall–Kier alpha value is -2.22. The minimum absolute atomic E-state index is 0.207. The lowest BCUT2D eigenvalue weighted by molar-refractivity contribution is -0.135. The average molecular weight is 451 g/mol. The van der Waals surface area contributed by atoms with Gasteiger partial charge in [-0.1, -0.05) is 23.2 Å². The van der Waals surface area contributed by atoms with E-state index in [-0.39, 0.29) is 17.4 Å². The van der Waals surface area contributed by atoms with Crippen molar-refractivity contribution < 1.29 is 18.8 Å². The third-order valence-electron chi connectivity index (χ3n) is 4.72. The van der Waals surface area contributed by atoms with Crippen LogP contribution < -0.4 is 0 Å². The van der Waals surface area contributed by atoms with Gasteiger partial charge in [0.15, 0.2) is 0 Å². The number of hydrogen-bond donors (Lipinski definition) is 0. The van der Waals surface area contributed by atoms with Gasteiger partial charge in [-0.2, -0.15) is 0 Å². The molecule has 3 amide bonds. The van der Waals surface area contributed by atoms with Gasteiger partial charge in [-0.15, -0.1) is 0 Å². The highest BCUT2D eigenvalue weighted by molar-refractivity contribution is 8.18. The van der Waals surface area contributed by atoms with Gasteiger partial charge in [-0.3, -0.25) is 19.3 Å². The molecular weight excluding hydrogens is 435 g/mol. The number of benzene rings is 1. The summed E-state index contributed by atoms with van der Waals surface area (Å²) in [5.74, 6) is 0.188. The molecule has 0 unspecified atom stereocenters. The van der Waals surface area contributed by atoms with Crippen molar-refractivity contribution in [1.82, 2.24) is 9.80 Å². The third-order valence-corrected chi connectivity index (χ3v) is 6.19. The van der Waals surface area contributed by atoms with E-state index < -0.39 is 11.1 Å². The molecule has 0 aliphatic carbocycles. The van der Waals surface area contributed by atoms with Crippen molar-refractivity contribution in [3.8, 4) is 11.3 Å². The van der Waals surface area contributed by atoms with Gasteiger partial charge in [-0.05, 0) is 54.9 Å². The van der Waals surface area contributed by atoms with Crippen LogP contribution in [0.4, 0.5) is 4.79 Å². The Morgan fingerprint density at radius 1 is 1.14 bits per heavy atom. The number of hydrogen-bond acceptors (Lipinski definition) is 5. The van der Waals surface area contributed by atoms with Crippen LogP contribution in [0, 0.1) is 0 Å². The quantitative estimate of drug-likeness (QED) is 0.618. The first-order valence-corrected chi connectivity index (χ1v) is 10.6. The van der Waals surface area contributed by atoms with Gasteiger partial charge in [0.1, 0.15) is 18.1 Å². The molecule has 2 aromatic rings. The Morgan fingerprint density at radius 2 is 1.90 bits per heavy atom. The number of likely N-dealkylation sites (tertiary alicyclic amines) is 1. The van der Waals surface area contributed by atoms with Crippen molar-refractivity contribution in [1.29, 1.82) is 0 Å². The normalized spacial score (nSPS) is 18.3. The van der Waals surface area contributed by atoms with Crippen molar-refractivity contribution in [3.05, 3.63) is 51.0 Å². The highest BCUT2D eigenvalue weighted by Gasteiger charge is 2.37. The fourth-order valence-electron chi connectivity index (χ4n) is 3.23. The number of furan rings is 1. The van der Waals surface area contributed by atoms with Crippen LogP contribution in [0.15, 0.2) is 39.7 Å². The average Bonchev–Trinajstić information content (AvgIpc) is 3.42. The molecule has 0 bridgehead atoms. The highest BCUT2D eigenvalue weighted by Crippen LogP contribution is 2.35. The second-order valence-corrected chi connectivity index (χ2v) is 8.52. The molecule has 2 aliphatic rings. The van der Waals surface area contributed by atoms with Crippen molar-refractivity contribution in [3.63, 3.8) is 0 Å². The summed E-state index contributed by atoms with van der Waals surface area (Å²) >= 11 is 13.0. The number of nitrogens with zero attached hydrogens (tertiary/aromatic N) is 2. The monoisotopic (exact) mass is 450 g/mol. The van der Waals surface area contributed by atoms with Gasteiger partial charge < -0.3 is 9.32 Å². The molecule has 0 atom stereocenters. The van der Waals surface area contributed by atoms with Crippen molar-refractivity contribution in [2.75, 3.05) is 19.6 Å². The summed E-state index contributed by atoms with van der Waals surface area (Å²) in [6.07, 6.45) is 3.39. The lowest BCUT2D eigenvalue weighted by atomic mass is 10.2. The molecule has 6 nitrogen and oxygen atoms in total. The molecule has 2 aliphatic heterocycles. The van der Waals surface area contributed by atoms with Crippen molar-refractivity contribution in [2.24, 2.45) is 0 Å². The lowest BCUT2D eigenvalue weighted by Gasteiger charge is -2.18. The Labute approximate surface area is 181 Å². The van der Waals surface area contributed by atoms with E-state index in [0.29, 0.717) is 40.2 Å². The van der Waals surface area contributed by atoms with Gasteiger partial charge in [0.25, 0.3) is 11.1 Å². The zero-order valence-electron chi connectivity index (χ0n) is 15.2. The summed E-state index contributed by atoms with van der Waals surface area (Å²) in [4.78, 5) is 40.0. The molecule has 1 aromatic carbocycles. The van der Waals surface area contributed by atoms with Crippen LogP contribution in [0.5, 0.6) is 0 Å². The summed E-state index contributed by atoms with van der Waals surface area (Å²) in [6.45, 7) is 1.11. The molecule has 0 N–H and O–H groups in total. The van der Waals surface area contributed by atoms with Gasteiger partial charge >= 0.3 is 0 Å². The van der Waals surface area contributed by atoms with Crippen LogP contribution in [-0.4, -0.2) is 46.5 Å². The molecule has 4 rings (SSSR count). The van der Waals surface area contributed by atoms with Crippen LogP contribution in [0.3, 0.4) is 0 Å². The SMILES string of the molecule is O=C(CN1C(=O)S/C(=C\c2ccc(-c3cc(Cl)ccc3Cl)o2)C1=O)N1CCCC1.